The van der Waals surface area contributed by atoms with Crippen molar-refractivity contribution in [1.29, 1.82) is 0 Å². The first kappa shape index (κ1) is 33.0. The standard InChI is InChI=1S/C16H24N4O3S.2C2HF3O2/c1-3-24(22,23)20-9-6-16(13-20)15(21)18(2)10-11-19(16)12-14-4-7-17-8-5-14;2*3-2(4,5)1(6)7/h4-5,7-8H,3,6,9-13H2,1-2H3;2*(H,6,7). The average Bonchev–Trinajstić information content (AvgIpc) is 3.27. The van der Waals surface area contributed by atoms with Gasteiger partial charge in [-0.25, -0.2) is 18.0 Å². The predicted octanol–water partition coefficient (Wildman–Crippen LogP) is 1.42. The highest BCUT2D eigenvalue weighted by molar-refractivity contribution is 7.89. The minimum absolute atomic E-state index is 0.0246. The Balaban J connectivity index is 0.000000426. The van der Waals surface area contributed by atoms with Gasteiger partial charge in [-0.1, -0.05) is 0 Å². The third-order valence-electron chi connectivity index (χ3n) is 5.63. The normalized spacial score (nSPS) is 20.8. The van der Waals surface area contributed by atoms with E-state index in [0.29, 0.717) is 26.1 Å². The van der Waals surface area contributed by atoms with Crippen LogP contribution in [0.5, 0.6) is 0 Å². The SMILES string of the molecule is CCS(=O)(=O)N1CCC2(C1)C(=O)N(C)CCN2Cc1ccncc1.O=C(O)C(F)(F)F.O=C(O)C(F)(F)F. The summed E-state index contributed by atoms with van der Waals surface area (Å²) in [5, 5.41) is 14.2. The van der Waals surface area contributed by atoms with E-state index in [1.165, 1.54) is 4.31 Å². The highest BCUT2D eigenvalue weighted by Gasteiger charge is 2.54. The largest absolute Gasteiger partial charge is 0.490 e. The van der Waals surface area contributed by atoms with E-state index in [1.54, 1.807) is 31.3 Å². The first-order chi connectivity index (χ1) is 17.3. The third kappa shape index (κ3) is 8.80. The van der Waals surface area contributed by atoms with Gasteiger partial charge in [0.2, 0.25) is 15.9 Å². The van der Waals surface area contributed by atoms with Gasteiger partial charge >= 0.3 is 24.3 Å². The molecule has 1 spiro atoms. The van der Waals surface area contributed by atoms with Crippen molar-refractivity contribution < 1.29 is 59.4 Å². The van der Waals surface area contributed by atoms with Gasteiger partial charge in [-0.2, -0.15) is 30.6 Å². The number of aliphatic carboxylic acids is 2. The van der Waals surface area contributed by atoms with Crippen LogP contribution in [-0.2, 0) is 31.0 Å². The quantitative estimate of drug-likeness (QED) is 0.505. The van der Waals surface area contributed by atoms with Crippen molar-refractivity contribution in [2.75, 3.05) is 39.0 Å². The summed E-state index contributed by atoms with van der Waals surface area (Å²) in [6.45, 7) is 4.32. The third-order valence-corrected chi connectivity index (χ3v) is 7.46. The Morgan fingerprint density at radius 1 is 1.00 bits per heavy atom. The van der Waals surface area contributed by atoms with Gasteiger partial charge in [0.1, 0.15) is 5.54 Å². The lowest BCUT2D eigenvalue weighted by molar-refractivity contribution is -0.193. The van der Waals surface area contributed by atoms with E-state index in [9.17, 15) is 39.6 Å². The van der Waals surface area contributed by atoms with Crippen LogP contribution in [0.4, 0.5) is 26.3 Å². The number of nitrogens with zero attached hydrogens (tertiary/aromatic N) is 4. The molecular weight excluding hydrogens is 554 g/mol. The monoisotopic (exact) mass is 580 g/mol. The number of carboxylic acid groups (broad SMARTS) is 2. The maximum atomic E-state index is 13.0. The first-order valence-corrected chi connectivity index (χ1v) is 12.4. The van der Waals surface area contributed by atoms with Crippen LogP contribution in [-0.4, -0.2) is 112 Å². The van der Waals surface area contributed by atoms with Crippen LogP contribution >= 0.6 is 0 Å². The van der Waals surface area contributed by atoms with Crippen LogP contribution in [0, 0.1) is 0 Å². The molecule has 1 amide bonds. The number of pyridine rings is 1. The fourth-order valence-electron chi connectivity index (χ4n) is 3.63. The highest BCUT2D eigenvalue weighted by Crippen LogP contribution is 2.35. The van der Waals surface area contributed by atoms with Crippen molar-refractivity contribution in [2.24, 2.45) is 0 Å². The molecule has 18 heteroatoms. The van der Waals surface area contributed by atoms with Gasteiger partial charge in [-0.3, -0.25) is 14.7 Å². The maximum absolute atomic E-state index is 13.0. The number of hydrogen-bond donors (Lipinski definition) is 2. The van der Waals surface area contributed by atoms with E-state index in [2.05, 4.69) is 9.88 Å². The second-order valence-corrected chi connectivity index (χ2v) is 10.4. The molecule has 216 valence electrons. The van der Waals surface area contributed by atoms with E-state index in [4.69, 9.17) is 19.8 Å². The second kappa shape index (κ2) is 12.7. The Morgan fingerprint density at radius 2 is 1.47 bits per heavy atom. The van der Waals surface area contributed by atoms with Gasteiger partial charge in [0.25, 0.3) is 0 Å². The van der Waals surface area contributed by atoms with E-state index < -0.39 is 39.9 Å². The maximum Gasteiger partial charge on any atom is 0.490 e. The summed E-state index contributed by atoms with van der Waals surface area (Å²) in [6.07, 6.45) is -6.15. The molecule has 2 aliphatic rings. The number of carboxylic acids is 2. The first-order valence-electron chi connectivity index (χ1n) is 10.8. The Bertz CT molecular complexity index is 1060. The van der Waals surface area contributed by atoms with E-state index in [1.807, 2.05) is 12.1 Å². The van der Waals surface area contributed by atoms with Crippen LogP contribution in [0.15, 0.2) is 24.5 Å². The Morgan fingerprint density at radius 3 is 1.89 bits per heavy atom. The predicted molar refractivity (Wildman–Crippen MR) is 118 cm³/mol. The Hall–Kier alpha value is -2.99. The van der Waals surface area contributed by atoms with Crippen molar-refractivity contribution in [2.45, 2.75) is 37.8 Å². The summed E-state index contributed by atoms with van der Waals surface area (Å²) < 4.78 is 89.5. The molecule has 1 aromatic heterocycles. The van der Waals surface area contributed by atoms with Gasteiger partial charge in [0.05, 0.1) is 5.75 Å². The van der Waals surface area contributed by atoms with Crippen molar-refractivity contribution in [3.63, 3.8) is 0 Å². The van der Waals surface area contributed by atoms with Crippen molar-refractivity contribution in [3.8, 4) is 0 Å². The number of sulfonamides is 1. The van der Waals surface area contributed by atoms with Crippen LogP contribution in [0.1, 0.15) is 18.9 Å². The number of alkyl halides is 6. The molecule has 1 atom stereocenters. The Labute approximate surface area is 213 Å². The molecule has 3 heterocycles. The number of piperazine rings is 1. The number of rotatable bonds is 4. The molecule has 2 fully saturated rings. The molecule has 3 rings (SSSR count). The summed E-state index contributed by atoms with van der Waals surface area (Å²) >= 11 is 0. The van der Waals surface area contributed by atoms with Crippen molar-refractivity contribution in [1.82, 2.24) is 19.1 Å². The van der Waals surface area contributed by atoms with E-state index in [0.717, 1.165) is 12.1 Å². The van der Waals surface area contributed by atoms with Crippen molar-refractivity contribution in [3.05, 3.63) is 30.1 Å². The molecule has 0 bridgehead atoms. The number of hydrogen-bond acceptors (Lipinski definition) is 7. The summed E-state index contributed by atoms with van der Waals surface area (Å²) in [7, 11) is -1.49. The van der Waals surface area contributed by atoms with Crippen LogP contribution in [0.25, 0.3) is 0 Å². The molecule has 2 aliphatic heterocycles. The zero-order valence-electron chi connectivity index (χ0n) is 20.2. The molecule has 1 unspecified atom stereocenters. The lowest BCUT2D eigenvalue weighted by atomic mass is 9.91. The second-order valence-electron chi connectivity index (χ2n) is 8.13. The van der Waals surface area contributed by atoms with E-state index in [-0.39, 0.29) is 18.2 Å². The average molecular weight is 581 g/mol. The molecule has 2 N–H and O–H groups in total. The zero-order valence-corrected chi connectivity index (χ0v) is 21.0. The van der Waals surface area contributed by atoms with Gasteiger partial charge in [-0.15, -0.1) is 0 Å². The lowest BCUT2D eigenvalue weighted by Gasteiger charge is -2.46. The van der Waals surface area contributed by atoms with Gasteiger partial charge in [-0.05, 0) is 31.0 Å². The van der Waals surface area contributed by atoms with Gasteiger partial charge in [0.15, 0.2) is 0 Å². The summed E-state index contributed by atoms with van der Waals surface area (Å²) in [5.74, 6) is -5.42. The highest BCUT2D eigenvalue weighted by atomic mass is 32.2. The molecule has 11 nitrogen and oxygen atoms in total. The Kier molecular flexibility index (Phi) is 11.0. The fraction of sp³-hybridized carbons (Fsp3) is 0.600. The molecular formula is C20H26F6N4O7S. The minimum atomic E-state index is -5.08. The van der Waals surface area contributed by atoms with Crippen LogP contribution in [0.2, 0.25) is 0 Å². The number of aromatic nitrogens is 1. The molecule has 2 saturated heterocycles. The summed E-state index contributed by atoms with van der Waals surface area (Å²) in [4.78, 5) is 38.7. The lowest BCUT2D eigenvalue weighted by Crippen LogP contribution is -2.65. The smallest absolute Gasteiger partial charge is 0.475 e. The number of halogens is 6. The molecule has 38 heavy (non-hydrogen) atoms. The number of carbonyl (C=O) groups excluding carboxylic acids is 1. The number of amides is 1. The number of likely N-dealkylation sites (N-methyl/N-ethyl adjacent to an activating group) is 1. The molecule has 0 saturated carbocycles. The number of carbonyl (C=O) groups is 3. The van der Waals surface area contributed by atoms with Crippen LogP contribution < -0.4 is 0 Å². The van der Waals surface area contributed by atoms with E-state index >= 15 is 0 Å². The summed E-state index contributed by atoms with van der Waals surface area (Å²) in [5.41, 5.74) is 0.330. The zero-order chi connectivity index (χ0) is 29.5. The summed E-state index contributed by atoms with van der Waals surface area (Å²) in [6, 6.07) is 3.87. The van der Waals surface area contributed by atoms with Gasteiger partial charge in [0, 0.05) is 52.2 Å². The van der Waals surface area contributed by atoms with Crippen LogP contribution in [0.3, 0.4) is 0 Å². The molecule has 0 radical (unpaired) electrons. The van der Waals surface area contributed by atoms with Gasteiger partial charge < -0.3 is 15.1 Å². The minimum Gasteiger partial charge on any atom is -0.475 e. The topological polar surface area (TPSA) is 148 Å². The molecule has 0 aromatic carbocycles. The molecule has 0 aliphatic carbocycles. The fourth-order valence-corrected chi connectivity index (χ4v) is 4.77. The molecule has 1 aromatic rings. The van der Waals surface area contributed by atoms with Crippen molar-refractivity contribution >= 4 is 27.9 Å².